The first-order valence-electron chi connectivity index (χ1n) is 20.3. The fourth-order valence-corrected chi connectivity index (χ4v) is 11.3. The Bertz CT molecular complexity index is 2130. The largest absolute Gasteiger partial charge is 0.481 e. The minimum Gasteiger partial charge on any atom is -0.481 e. The summed E-state index contributed by atoms with van der Waals surface area (Å²) in [6.45, 7) is 4.76. The molecule has 4 fully saturated rings. The summed E-state index contributed by atoms with van der Waals surface area (Å²) in [5.41, 5.74) is 0.698. The number of allylic oxidation sites excluding steroid dienone is 4. The topological polar surface area (TPSA) is 223 Å². The molecule has 1 aliphatic heterocycles. The van der Waals surface area contributed by atoms with Gasteiger partial charge in [0.05, 0.1) is 12.2 Å². The smallest absolute Gasteiger partial charge is 0.470 e. The maximum absolute atomic E-state index is 14.4. The molecule has 1 saturated heterocycles. The molecule has 7 rings (SSSR count). The quantitative estimate of drug-likeness (QED) is 0.134. The van der Waals surface area contributed by atoms with Crippen LogP contribution in [0.15, 0.2) is 72.3 Å². The van der Waals surface area contributed by atoms with E-state index in [0.717, 1.165) is 16.7 Å². The Labute approximate surface area is 342 Å². The van der Waals surface area contributed by atoms with Gasteiger partial charge in [0.2, 0.25) is 5.91 Å². The molecule has 2 aromatic rings. The molecule has 59 heavy (non-hydrogen) atoms. The lowest BCUT2D eigenvalue weighted by Crippen LogP contribution is -2.63. The number of phosphoric acid groups is 1. The highest BCUT2D eigenvalue weighted by atomic mass is 31.2. The molecular formula is C44H52NO13P. The predicted molar refractivity (Wildman–Crippen MR) is 212 cm³/mol. The Balaban J connectivity index is 1.09. The lowest BCUT2D eigenvalue weighted by atomic mass is 9.46. The van der Waals surface area contributed by atoms with E-state index in [4.69, 9.17) is 19.1 Å². The lowest BCUT2D eigenvalue weighted by Gasteiger charge is -2.59. The Kier molecular flexibility index (Phi) is 11.9. The highest BCUT2D eigenvalue weighted by molar-refractivity contribution is 7.46. The number of rotatable bonds is 15. The number of phosphoric ester groups is 1. The van der Waals surface area contributed by atoms with Gasteiger partial charge < -0.3 is 34.8 Å². The van der Waals surface area contributed by atoms with Gasteiger partial charge in [0.1, 0.15) is 12.4 Å². The maximum Gasteiger partial charge on any atom is 0.470 e. The van der Waals surface area contributed by atoms with E-state index in [-0.39, 0.29) is 61.4 Å². The monoisotopic (exact) mass is 833 g/mol. The van der Waals surface area contributed by atoms with Crippen LogP contribution < -0.4 is 5.32 Å². The van der Waals surface area contributed by atoms with Crippen molar-refractivity contribution < 1.29 is 62.5 Å². The Hall–Kier alpha value is -4.14. The first-order valence-corrected chi connectivity index (χ1v) is 21.8. The zero-order valence-corrected chi connectivity index (χ0v) is 34.3. The molecule has 316 valence electrons. The minimum absolute atomic E-state index is 0.0318. The highest BCUT2D eigenvalue weighted by Crippen LogP contribution is 2.70. The van der Waals surface area contributed by atoms with Crippen LogP contribution in [0.2, 0.25) is 0 Å². The third-order valence-corrected chi connectivity index (χ3v) is 14.3. The number of nitrogens with one attached hydrogen (secondary N) is 1. The van der Waals surface area contributed by atoms with E-state index >= 15 is 0 Å². The molecule has 0 aromatic heterocycles. The molecule has 10 atom stereocenters. The van der Waals surface area contributed by atoms with Crippen LogP contribution in [-0.2, 0) is 49.0 Å². The van der Waals surface area contributed by atoms with E-state index in [1.165, 1.54) is 0 Å². The van der Waals surface area contributed by atoms with Crippen LogP contribution in [0.4, 0.5) is 5.69 Å². The predicted octanol–water partition coefficient (Wildman–Crippen LogP) is 5.79. The number of carbonyl (C=O) groups is 5. The van der Waals surface area contributed by atoms with Gasteiger partial charge in [-0.1, -0.05) is 68.8 Å². The summed E-state index contributed by atoms with van der Waals surface area (Å²) in [5, 5.41) is 24.0. The van der Waals surface area contributed by atoms with Gasteiger partial charge in [-0.05, 0) is 85.8 Å². The fourth-order valence-electron chi connectivity index (χ4n) is 11.0. The van der Waals surface area contributed by atoms with E-state index in [1.807, 2.05) is 49.4 Å². The van der Waals surface area contributed by atoms with E-state index in [9.17, 15) is 43.4 Å². The van der Waals surface area contributed by atoms with Gasteiger partial charge in [0.25, 0.3) is 0 Å². The molecule has 5 N–H and O–H groups in total. The van der Waals surface area contributed by atoms with E-state index in [0.29, 0.717) is 36.9 Å². The first-order chi connectivity index (χ1) is 27.9. The van der Waals surface area contributed by atoms with Crippen molar-refractivity contribution in [3.63, 3.8) is 0 Å². The number of aliphatic hydroxyl groups is 1. The lowest BCUT2D eigenvalue weighted by molar-refractivity contribution is -0.200. The van der Waals surface area contributed by atoms with Crippen molar-refractivity contribution >= 4 is 42.7 Å². The molecule has 0 spiro atoms. The van der Waals surface area contributed by atoms with Crippen molar-refractivity contribution in [2.24, 2.45) is 34.5 Å². The Morgan fingerprint density at radius 2 is 1.81 bits per heavy atom. The summed E-state index contributed by atoms with van der Waals surface area (Å²) in [6, 6.07) is 14.7. The number of fused-ring (bicyclic) bond motifs is 7. The molecular weight excluding hydrogens is 781 g/mol. The van der Waals surface area contributed by atoms with Crippen LogP contribution in [0.1, 0.15) is 95.1 Å². The number of amides is 1. The fraction of sp³-hybridized carbons (Fsp3) is 0.523. The SMILES string of the molecule is CCC(=O)C[C@@H](CCC(=O)O)C(=O)Nc1cccc(Cc2ccc([C@@H]3O[C@@H]4C[C@H]5[C@@H]6CCC7=CC(=O)C=C[C@]7(C)[C@H]6[C@@H](O)C[C@]5(C)[C@]4(C(=O)COP(=O)(O)O)O3)cc2)c1. The summed E-state index contributed by atoms with van der Waals surface area (Å²) in [4.78, 5) is 82.2. The van der Waals surface area contributed by atoms with Crippen molar-refractivity contribution in [3.8, 4) is 0 Å². The standard InChI is InChI=1S/C44H52NO13P/c1-4-31(46)20-28(12-15-38(50)51)40(52)45-30-7-5-6-26(19-30)18-25-8-10-27(11-9-25)41-57-37-22-34-33-14-13-29-21-32(47)16-17-42(29,2)39(33)35(48)23-43(34,3)44(37,58-41)36(49)24-56-59(53,54)55/h5-11,16-17,19,21,28,33-35,37,39,41,48H,4,12-15,18,20,22-24H2,1-3H3,(H,45,52)(H,50,51)(H2,53,54,55)/t28-,33+,34+,35+,37-,39-,41-,42+,43+,44-/m1/s1. The second-order valence-corrected chi connectivity index (χ2v) is 18.5. The van der Waals surface area contributed by atoms with Crippen LogP contribution in [0, 0.1) is 34.5 Å². The Morgan fingerprint density at radius 3 is 2.51 bits per heavy atom. The number of ether oxygens (including phenoxy) is 2. The number of benzene rings is 2. The number of anilines is 1. The molecule has 2 aromatic carbocycles. The molecule has 5 aliphatic rings. The molecule has 0 bridgehead atoms. The Morgan fingerprint density at radius 1 is 1.07 bits per heavy atom. The second kappa shape index (κ2) is 16.4. The van der Waals surface area contributed by atoms with Gasteiger partial charge in [-0.2, -0.15) is 0 Å². The summed E-state index contributed by atoms with van der Waals surface area (Å²) in [6.07, 6.45) is 4.92. The number of carbonyl (C=O) groups excluding carboxylic acids is 4. The van der Waals surface area contributed by atoms with Crippen molar-refractivity contribution in [2.75, 3.05) is 11.9 Å². The number of Topliss-reactive ketones (excluding diaryl/α,β-unsaturated/α-hetero) is 2. The van der Waals surface area contributed by atoms with Crippen LogP contribution in [0.25, 0.3) is 0 Å². The third kappa shape index (κ3) is 8.21. The number of aliphatic hydroxyl groups excluding tert-OH is 1. The zero-order valence-electron chi connectivity index (χ0n) is 33.4. The number of ketones is 3. The first kappa shape index (κ1) is 43.0. The highest BCUT2D eigenvalue weighted by Gasteiger charge is 2.76. The van der Waals surface area contributed by atoms with Crippen LogP contribution in [0.5, 0.6) is 0 Å². The van der Waals surface area contributed by atoms with Gasteiger partial charge in [0, 0.05) is 53.2 Å². The molecule has 1 amide bonds. The van der Waals surface area contributed by atoms with E-state index in [2.05, 4.69) is 12.2 Å². The summed E-state index contributed by atoms with van der Waals surface area (Å²) in [5.74, 6) is -3.50. The number of carboxylic acid groups (broad SMARTS) is 1. The van der Waals surface area contributed by atoms with Gasteiger partial charge in [-0.15, -0.1) is 0 Å². The number of aliphatic carboxylic acids is 1. The van der Waals surface area contributed by atoms with Gasteiger partial charge in [-0.3, -0.25) is 28.5 Å². The molecule has 15 heteroatoms. The number of carboxylic acids is 1. The molecule has 3 saturated carbocycles. The van der Waals surface area contributed by atoms with Gasteiger partial charge in [-0.25, -0.2) is 4.57 Å². The van der Waals surface area contributed by atoms with Crippen molar-refractivity contribution in [1.82, 2.24) is 0 Å². The van der Waals surface area contributed by atoms with Crippen LogP contribution >= 0.6 is 7.82 Å². The van der Waals surface area contributed by atoms with Crippen molar-refractivity contribution in [3.05, 3.63) is 89.0 Å². The second-order valence-electron chi connectivity index (χ2n) is 17.3. The normalized spacial score (nSPS) is 32.6. The van der Waals surface area contributed by atoms with E-state index < -0.39 is 72.9 Å². The van der Waals surface area contributed by atoms with Crippen LogP contribution in [0.3, 0.4) is 0 Å². The van der Waals surface area contributed by atoms with Gasteiger partial charge in [0.15, 0.2) is 23.5 Å². The average molecular weight is 834 g/mol. The van der Waals surface area contributed by atoms with Crippen LogP contribution in [-0.4, -0.2) is 73.6 Å². The number of hydrogen-bond donors (Lipinski definition) is 5. The maximum atomic E-state index is 14.4. The summed E-state index contributed by atoms with van der Waals surface area (Å²) < 4.78 is 29.9. The van der Waals surface area contributed by atoms with Gasteiger partial charge >= 0.3 is 13.8 Å². The molecule has 0 radical (unpaired) electrons. The summed E-state index contributed by atoms with van der Waals surface area (Å²) in [7, 11) is -5.02. The third-order valence-electron chi connectivity index (χ3n) is 13.8. The molecule has 4 aliphatic carbocycles. The van der Waals surface area contributed by atoms with Crippen molar-refractivity contribution in [1.29, 1.82) is 0 Å². The van der Waals surface area contributed by atoms with E-state index in [1.54, 1.807) is 31.2 Å². The molecule has 0 unspecified atom stereocenters. The molecule has 14 nitrogen and oxygen atoms in total. The minimum atomic E-state index is -5.02. The summed E-state index contributed by atoms with van der Waals surface area (Å²) >= 11 is 0. The zero-order chi connectivity index (χ0) is 42.5. The molecule has 1 heterocycles. The average Bonchev–Trinajstić information content (AvgIpc) is 3.68. The number of hydrogen-bond acceptors (Lipinski definition) is 10. The van der Waals surface area contributed by atoms with Crippen molar-refractivity contribution in [2.45, 2.75) is 103 Å².